The summed E-state index contributed by atoms with van der Waals surface area (Å²) in [5.41, 5.74) is 2.90. The fraction of sp³-hybridized carbons (Fsp3) is 0.190. The van der Waals surface area contributed by atoms with Crippen molar-refractivity contribution in [2.24, 2.45) is 0 Å². The molecule has 3 aromatic rings. The van der Waals surface area contributed by atoms with Gasteiger partial charge >= 0.3 is 5.97 Å². The van der Waals surface area contributed by atoms with Crippen LogP contribution in [0, 0.1) is 6.92 Å². The summed E-state index contributed by atoms with van der Waals surface area (Å²) in [7, 11) is 2.94. The van der Waals surface area contributed by atoms with Crippen molar-refractivity contribution in [3.05, 3.63) is 59.7 Å². The van der Waals surface area contributed by atoms with Crippen LogP contribution in [0.1, 0.15) is 15.9 Å². The van der Waals surface area contributed by atoms with Gasteiger partial charge < -0.3 is 14.8 Å². The summed E-state index contributed by atoms with van der Waals surface area (Å²) in [4.78, 5) is 28.3. The molecule has 0 atom stereocenters. The topological polar surface area (TPSA) is 77.5 Å². The molecule has 2 aromatic carbocycles. The number of rotatable bonds is 6. The standard InChI is InChI=1S/C21H20N2O4S/c1-13-11-19(23-20-16(13)5-4-6-17(20)26-2)28-12-18(24)22-15-9-7-14(8-10-15)21(25)27-3/h4-11H,12H2,1-3H3,(H,22,24). The van der Waals surface area contributed by atoms with E-state index in [1.165, 1.54) is 18.9 Å². The second-order valence-corrected chi connectivity index (χ2v) is 7.04. The number of para-hydroxylation sites is 1. The van der Waals surface area contributed by atoms with E-state index in [-0.39, 0.29) is 11.7 Å². The highest BCUT2D eigenvalue weighted by molar-refractivity contribution is 7.99. The predicted octanol–water partition coefficient (Wildman–Crippen LogP) is 4.07. The Morgan fingerprint density at radius 1 is 1.11 bits per heavy atom. The Morgan fingerprint density at radius 2 is 1.86 bits per heavy atom. The molecular weight excluding hydrogens is 376 g/mol. The Kier molecular flexibility index (Phi) is 6.16. The van der Waals surface area contributed by atoms with Gasteiger partial charge in [-0.3, -0.25) is 4.79 Å². The van der Waals surface area contributed by atoms with E-state index < -0.39 is 5.97 Å². The number of hydrogen-bond acceptors (Lipinski definition) is 6. The fourth-order valence-corrected chi connectivity index (χ4v) is 3.51. The zero-order valence-corrected chi connectivity index (χ0v) is 16.6. The molecule has 0 unspecified atom stereocenters. The molecule has 28 heavy (non-hydrogen) atoms. The van der Waals surface area contributed by atoms with Gasteiger partial charge in [-0.1, -0.05) is 23.9 Å². The molecule has 0 bridgehead atoms. The monoisotopic (exact) mass is 396 g/mol. The first-order valence-corrected chi connectivity index (χ1v) is 9.55. The number of aromatic nitrogens is 1. The Morgan fingerprint density at radius 3 is 2.54 bits per heavy atom. The number of carbonyl (C=O) groups is 2. The molecule has 0 spiro atoms. The van der Waals surface area contributed by atoms with Crippen molar-refractivity contribution in [1.29, 1.82) is 0 Å². The van der Waals surface area contributed by atoms with E-state index in [2.05, 4.69) is 15.0 Å². The molecule has 0 fully saturated rings. The van der Waals surface area contributed by atoms with Crippen molar-refractivity contribution in [1.82, 2.24) is 4.98 Å². The van der Waals surface area contributed by atoms with E-state index in [0.717, 1.165) is 21.5 Å². The van der Waals surface area contributed by atoms with Crippen LogP contribution in [0.2, 0.25) is 0 Å². The Bertz CT molecular complexity index is 1020. The van der Waals surface area contributed by atoms with Crippen molar-refractivity contribution < 1.29 is 19.1 Å². The number of benzene rings is 2. The highest BCUT2D eigenvalue weighted by Gasteiger charge is 2.11. The minimum atomic E-state index is -0.415. The molecule has 6 nitrogen and oxygen atoms in total. The van der Waals surface area contributed by atoms with Crippen molar-refractivity contribution in [2.45, 2.75) is 11.9 Å². The molecule has 0 aliphatic carbocycles. The molecule has 0 saturated carbocycles. The smallest absolute Gasteiger partial charge is 0.337 e. The van der Waals surface area contributed by atoms with E-state index >= 15 is 0 Å². The van der Waals surface area contributed by atoms with Crippen LogP contribution < -0.4 is 10.1 Å². The number of thioether (sulfide) groups is 1. The van der Waals surface area contributed by atoms with Gasteiger partial charge in [-0.25, -0.2) is 9.78 Å². The molecular formula is C21H20N2O4S. The van der Waals surface area contributed by atoms with Crippen LogP contribution in [0.3, 0.4) is 0 Å². The van der Waals surface area contributed by atoms with Gasteiger partial charge in [-0.15, -0.1) is 0 Å². The molecule has 1 aromatic heterocycles. The number of hydrogen-bond donors (Lipinski definition) is 1. The minimum absolute atomic E-state index is 0.157. The molecule has 0 saturated heterocycles. The number of methoxy groups -OCH3 is 2. The summed E-state index contributed by atoms with van der Waals surface area (Å²) in [6.07, 6.45) is 0. The van der Waals surface area contributed by atoms with Crippen LogP contribution in [0.25, 0.3) is 10.9 Å². The lowest BCUT2D eigenvalue weighted by Crippen LogP contribution is -2.14. The van der Waals surface area contributed by atoms with Gasteiger partial charge in [0.05, 0.1) is 30.6 Å². The highest BCUT2D eigenvalue weighted by atomic mass is 32.2. The van der Waals surface area contributed by atoms with Gasteiger partial charge in [0.2, 0.25) is 5.91 Å². The third-order valence-corrected chi connectivity index (χ3v) is 5.06. The number of anilines is 1. The van der Waals surface area contributed by atoms with Crippen LogP contribution in [-0.4, -0.2) is 36.8 Å². The second kappa shape index (κ2) is 8.75. The molecule has 1 N–H and O–H groups in total. The number of pyridine rings is 1. The normalized spacial score (nSPS) is 10.5. The van der Waals surface area contributed by atoms with Gasteiger partial charge in [-0.2, -0.15) is 0 Å². The summed E-state index contributed by atoms with van der Waals surface area (Å²) in [6, 6.07) is 14.3. The maximum Gasteiger partial charge on any atom is 0.337 e. The average molecular weight is 396 g/mol. The van der Waals surface area contributed by atoms with Gasteiger partial charge in [0, 0.05) is 11.1 Å². The Labute approximate surface area is 167 Å². The lowest BCUT2D eigenvalue weighted by atomic mass is 10.1. The molecule has 0 radical (unpaired) electrons. The maximum absolute atomic E-state index is 12.3. The number of fused-ring (bicyclic) bond motifs is 1. The van der Waals surface area contributed by atoms with Gasteiger partial charge in [-0.05, 0) is 48.9 Å². The number of esters is 1. The van der Waals surface area contributed by atoms with Crippen molar-refractivity contribution in [3.63, 3.8) is 0 Å². The van der Waals surface area contributed by atoms with E-state index in [0.29, 0.717) is 17.0 Å². The van der Waals surface area contributed by atoms with E-state index in [4.69, 9.17) is 4.74 Å². The summed E-state index contributed by atoms with van der Waals surface area (Å²) in [6.45, 7) is 2.01. The summed E-state index contributed by atoms with van der Waals surface area (Å²) in [5, 5.41) is 4.59. The number of nitrogens with one attached hydrogen (secondary N) is 1. The van der Waals surface area contributed by atoms with Crippen LogP contribution in [-0.2, 0) is 9.53 Å². The highest BCUT2D eigenvalue weighted by Crippen LogP contribution is 2.29. The largest absolute Gasteiger partial charge is 0.494 e. The first kappa shape index (κ1) is 19.7. The first-order chi connectivity index (χ1) is 13.5. The zero-order valence-electron chi connectivity index (χ0n) is 15.8. The van der Waals surface area contributed by atoms with Crippen LogP contribution in [0.15, 0.2) is 53.6 Å². The summed E-state index contributed by atoms with van der Waals surface area (Å²) >= 11 is 1.35. The summed E-state index contributed by atoms with van der Waals surface area (Å²) in [5.74, 6) is 0.349. The molecule has 0 aliphatic heterocycles. The van der Waals surface area contributed by atoms with E-state index in [1.54, 1.807) is 31.4 Å². The predicted molar refractivity (Wildman–Crippen MR) is 110 cm³/mol. The summed E-state index contributed by atoms with van der Waals surface area (Å²) < 4.78 is 10.0. The molecule has 0 aliphatic rings. The minimum Gasteiger partial charge on any atom is -0.494 e. The van der Waals surface area contributed by atoms with E-state index in [1.807, 2.05) is 31.2 Å². The number of nitrogens with zero attached hydrogens (tertiary/aromatic N) is 1. The van der Waals surface area contributed by atoms with Gasteiger partial charge in [0.15, 0.2) is 0 Å². The number of amides is 1. The molecule has 3 rings (SSSR count). The van der Waals surface area contributed by atoms with Crippen molar-refractivity contribution in [3.8, 4) is 5.75 Å². The molecule has 1 heterocycles. The molecule has 1 amide bonds. The molecule has 7 heteroatoms. The lowest BCUT2D eigenvalue weighted by molar-refractivity contribution is -0.113. The molecule has 144 valence electrons. The van der Waals surface area contributed by atoms with Crippen LogP contribution in [0.4, 0.5) is 5.69 Å². The Hall–Kier alpha value is -3.06. The van der Waals surface area contributed by atoms with Crippen LogP contribution in [0.5, 0.6) is 5.75 Å². The number of aryl methyl sites for hydroxylation is 1. The van der Waals surface area contributed by atoms with Gasteiger partial charge in [0.1, 0.15) is 11.3 Å². The Balaban J connectivity index is 1.67. The number of ether oxygens (including phenoxy) is 2. The van der Waals surface area contributed by atoms with Crippen molar-refractivity contribution >= 4 is 40.2 Å². The SMILES string of the molecule is COC(=O)c1ccc(NC(=O)CSc2cc(C)c3cccc(OC)c3n2)cc1. The third kappa shape index (κ3) is 4.43. The van der Waals surface area contributed by atoms with Crippen molar-refractivity contribution in [2.75, 3.05) is 25.3 Å². The number of carbonyl (C=O) groups excluding carboxylic acids is 2. The average Bonchev–Trinajstić information content (AvgIpc) is 2.72. The van der Waals surface area contributed by atoms with Crippen LogP contribution >= 0.6 is 11.8 Å². The van der Waals surface area contributed by atoms with Gasteiger partial charge in [0.25, 0.3) is 0 Å². The lowest BCUT2D eigenvalue weighted by Gasteiger charge is -2.10. The quantitative estimate of drug-likeness (QED) is 0.500. The fourth-order valence-electron chi connectivity index (χ4n) is 2.74. The zero-order chi connectivity index (χ0) is 20.1. The second-order valence-electron chi connectivity index (χ2n) is 6.04. The van der Waals surface area contributed by atoms with E-state index in [9.17, 15) is 9.59 Å². The maximum atomic E-state index is 12.3. The third-order valence-electron chi connectivity index (χ3n) is 4.15. The first-order valence-electron chi connectivity index (χ1n) is 8.57.